The van der Waals surface area contributed by atoms with E-state index in [1.807, 2.05) is 45.7 Å². The molecule has 6 nitrogen and oxygen atoms in total. The first kappa shape index (κ1) is 17.9. The number of hydrogen-bond acceptors (Lipinski definition) is 5. The van der Waals surface area contributed by atoms with E-state index in [2.05, 4.69) is 0 Å². The van der Waals surface area contributed by atoms with Gasteiger partial charge in [-0.2, -0.15) is 5.06 Å². The molecule has 6 heteroatoms. The number of benzene rings is 1. The monoisotopic (exact) mass is 346 g/mol. The van der Waals surface area contributed by atoms with Gasteiger partial charge >= 0.3 is 6.09 Å². The standard InChI is InChI=1S/C19H26N2O4/c1-6-24-21-17(2,3)12-19(13-18(21,4)5)15(22)20(16(23)25-19)14-10-8-7-9-11-14/h7-11H,6,12-13H2,1-5H3. The molecule has 2 fully saturated rings. The van der Waals surface area contributed by atoms with Crippen LogP contribution in [0.2, 0.25) is 0 Å². The molecule has 0 unspecified atom stereocenters. The Morgan fingerprint density at radius 1 is 1.04 bits per heavy atom. The molecule has 0 aliphatic carbocycles. The van der Waals surface area contributed by atoms with Gasteiger partial charge in [0.05, 0.1) is 12.3 Å². The highest BCUT2D eigenvalue weighted by atomic mass is 16.7. The summed E-state index contributed by atoms with van der Waals surface area (Å²) in [6, 6.07) is 8.92. The van der Waals surface area contributed by atoms with Crippen LogP contribution in [0.3, 0.4) is 0 Å². The lowest BCUT2D eigenvalue weighted by atomic mass is 9.72. The highest BCUT2D eigenvalue weighted by Gasteiger charge is 2.64. The molecule has 2 aliphatic heterocycles. The first-order valence-corrected chi connectivity index (χ1v) is 8.69. The number of anilines is 1. The topological polar surface area (TPSA) is 59.1 Å². The van der Waals surface area contributed by atoms with Crippen LogP contribution >= 0.6 is 0 Å². The molecule has 2 saturated heterocycles. The summed E-state index contributed by atoms with van der Waals surface area (Å²) in [6.45, 7) is 10.5. The SMILES string of the molecule is CCON1C(C)(C)CC2(CC1(C)C)OC(=O)N(c1ccccc1)C2=O. The number of carbonyl (C=O) groups excluding carboxylic acids is 2. The van der Waals surface area contributed by atoms with Crippen LogP contribution < -0.4 is 4.90 Å². The fourth-order valence-electron chi connectivity index (χ4n) is 4.47. The first-order chi connectivity index (χ1) is 11.6. The van der Waals surface area contributed by atoms with Crippen molar-refractivity contribution >= 4 is 17.7 Å². The molecule has 1 aromatic carbocycles. The number of nitrogens with zero attached hydrogens (tertiary/aromatic N) is 2. The summed E-state index contributed by atoms with van der Waals surface area (Å²) in [7, 11) is 0. The molecule has 25 heavy (non-hydrogen) atoms. The number of imide groups is 1. The average Bonchev–Trinajstić information content (AvgIpc) is 2.73. The molecule has 0 N–H and O–H groups in total. The van der Waals surface area contributed by atoms with Crippen molar-refractivity contribution in [3.05, 3.63) is 30.3 Å². The van der Waals surface area contributed by atoms with E-state index >= 15 is 0 Å². The number of piperidine rings is 1. The van der Waals surface area contributed by atoms with E-state index in [0.29, 0.717) is 25.1 Å². The number of para-hydroxylation sites is 1. The number of hydroxylamine groups is 2. The minimum atomic E-state index is -1.16. The zero-order chi connectivity index (χ0) is 18.5. The fraction of sp³-hybridized carbons (Fsp3) is 0.579. The molecule has 2 amide bonds. The highest BCUT2D eigenvalue weighted by molar-refractivity contribution is 6.20. The maximum atomic E-state index is 13.3. The summed E-state index contributed by atoms with van der Waals surface area (Å²) in [5.41, 5.74) is -1.54. The number of rotatable bonds is 3. The Bertz CT molecular complexity index is 666. The lowest BCUT2D eigenvalue weighted by Crippen LogP contribution is -2.67. The molecular formula is C19H26N2O4. The quantitative estimate of drug-likeness (QED) is 0.838. The zero-order valence-electron chi connectivity index (χ0n) is 15.5. The van der Waals surface area contributed by atoms with Gasteiger partial charge in [-0.25, -0.2) is 9.69 Å². The van der Waals surface area contributed by atoms with Crippen molar-refractivity contribution in [2.24, 2.45) is 0 Å². The number of hydrogen-bond donors (Lipinski definition) is 0. The third kappa shape index (κ3) is 2.83. The van der Waals surface area contributed by atoms with E-state index in [1.165, 1.54) is 0 Å². The molecule has 0 aromatic heterocycles. The molecule has 2 heterocycles. The molecule has 0 bridgehead atoms. The van der Waals surface area contributed by atoms with Gasteiger partial charge in [0.2, 0.25) is 0 Å². The second-order valence-electron chi connectivity index (χ2n) is 8.03. The van der Waals surface area contributed by atoms with Crippen LogP contribution in [-0.4, -0.2) is 40.3 Å². The number of carbonyl (C=O) groups is 2. The van der Waals surface area contributed by atoms with Crippen molar-refractivity contribution in [1.82, 2.24) is 5.06 Å². The molecular weight excluding hydrogens is 320 g/mol. The molecule has 2 aliphatic rings. The van der Waals surface area contributed by atoms with Gasteiger partial charge in [0, 0.05) is 23.9 Å². The summed E-state index contributed by atoms with van der Waals surface area (Å²) in [4.78, 5) is 32.8. The Labute approximate surface area is 148 Å². The van der Waals surface area contributed by atoms with Crippen molar-refractivity contribution in [2.75, 3.05) is 11.5 Å². The van der Waals surface area contributed by atoms with Crippen molar-refractivity contribution in [2.45, 2.75) is 64.1 Å². The molecule has 136 valence electrons. The minimum Gasteiger partial charge on any atom is -0.432 e. The predicted molar refractivity (Wildman–Crippen MR) is 94.0 cm³/mol. The highest BCUT2D eigenvalue weighted by Crippen LogP contribution is 2.49. The first-order valence-electron chi connectivity index (χ1n) is 8.69. The maximum Gasteiger partial charge on any atom is 0.422 e. The van der Waals surface area contributed by atoms with Crippen LogP contribution in [0.25, 0.3) is 0 Å². The lowest BCUT2D eigenvalue weighted by Gasteiger charge is -2.55. The molecule has 3 rings (SSSR count). The van der Waals surface area contributed by atoms with E-state index < -0.39 is 22.8 Å². The van der Waals surface area contributed by atoms with Crippen molar-refractivity contribution in [1.29, 1.82) is 0 Å². The van der Waals surface area contributed by atoms with E-state index in [1.54, 1.807) is 24.3 Å². The van der Waals surface area contributed by atoms with E-state index in [0.717, 1.165) is 4.90 Å². The summed E-state index contributed by atoms with van der Waals surface area (Å²) in [5, 5.41) is 1.94. The van der Waals surface area contributed by atoms with E-state index in [9.17, 15) is 9.59 Å². The van der Waals surface area contributed by atoms with Crippen LogP contribution in [0.5, 0.6) is 0 Å². The number of amides is 2. The summed E-state index contributed by atoms with van der Waals surface area (Å²) < 4.78 is 5.72. The maximum absolute atomic E-state index is 13.3. The van der Waals surface area contributed by atoms with Gasteiger partial charge in [-0.1, -0.05) is 18.2 Å². The van der Waals surface area contributed by atoms with Crippen LogP contribution in [0.4, 0.5) is 10.5 Å². The van der Waals surface area contributed by atoms with Crippen molar-refractivity contribution in [3.63, 3.8) is 0 Å². The van der Waals surface area contributed by atoms with Gasteiger partial charge in [0.15, 0.2) is 5.60 Å². The van der Waals surface area contributed by atoms with Crippen LogP contribution in [-0.2, 0) is 14.4 Å². The summed E-state index contributed by atoms with van der Waals surface area (Å²) in [5.74, 6) is -0.291. The van der Waals surface area contributed by atoms with E-state index in [-0.39, 0.29) is 5.91 Å². The largest absolute Gasteiger partial charge is 0.432 e. The van der Waals surface area contributed by atoms with Gasteiger partial charge in [-0.3, -0.25) is 9.63 Å². The fourth-order valence-corrected chi connectivity index (χ4v) is 4.47. The third-order valence-electron chi connectivity index (χ3n) is 4.87. The van der Waals surface area contributed by atoms with Crippen LogP contribution in [0, 0.1) is 0 Å². The second kappa shape index (κ2) is 5.81. The van der Waals surface area contributed by atoms with Gasteiger partial charge in [-0.05, 0) is 46.8 Å². The van der Waals surface area contributed by atoms with Crippen LogP contribution in [0.15, 0.2) is 30.3 Å². The summed E-state index contributed by atoms with van der Waals surface area (Å²) in [6.07, 6.45) is 0.168. The second-order valence-corrected chi connectivity index (χ2v) is 8.03. The Morgan fingerprint density at radius 3 is 2.12 bits per heavy atom. The smallest absolute Gasteiger partial charge is 0.422 e. The molecule has 0 radical (unpaired) electrons. The lowest BCUT2D eigenvalue weighted by molar-refractivity contribution is -0.297. The van der Waals surface area contributed by atoms with Gasteiger partial charge in [0.1, 0.15) is 0 Å². The normalized spacial score (nSPS) is 24.6. The molecule has 1 aromatic rings. The van der Waals surface area contributed by atoms with Gasteiger partial charge in [-0.15, -0.1) is 0 Å². The summed E-state index contributed by atoms with van der Waals surface area (Å²) >= 11 is 0. The predicted octanol–water partition coefficient (Wildman–Crippen LogP) is 3.51. The van der Waals surface area contributed by atoms with Crippen molar-refractivity contribution < 1.29 is 19.2 Å². The molecule has 0 saturated carbocycles. The van der Waals surface area contributed by atoms with Crippen LogP contribution in [0.1, 0.15) is 47.5 Å². The third-order valence-corrected chi connectivity index (χ3v) is 4.87. The van der Waals surface area contributed by atoms with Gasteiger partial charge < -0.3 is 4.74 Å². The van der Waals surface area contributed by atoms with E-state index in [4.69, 9.17) is 9.57 Å². The Balaban J connectivity index is 1.98. The Kier molecular flexibility index (Phi) is 4.16. The van der Waals surface area contributed by atoms with Crippen molar-refractivity contribution in [3.8, 4) is 0 Å². The molecule has 1 spiro atoms. The van der Waals surface area contributed by atoms with Gasteiger partial charge in [0.25, 0.3) is 5.91 Å². The minimum absolute atomic E-state index is 0.291. The Hall–Kier alpha value is -1.92. The number of ether oxygens (including phenoxy) is 1. The Morgan fingerprint density at radius 2 is 1.60 bits per heavy atom. The zero-order valence-corrected chi connectivity index (χ0v) is 15.5. The average molecular weight is 346 g/mol. The molecule has 0 atom stereocenters.